The van der Waals surface area contributed by atoms with Crippen LogP contribution in [0.1, 0.15) is 25.3 Å². The van der Waals surface area contributed by atoms with Gasteiger partial charge >= 0.3 is 0 Å². The van der Waals surface area contributed by atoms with Crippen molar-refractivity contribution in [2.24, 2.45) is 0 Å². The number of para-hydroxylation sites is 1. The average molecular weight is 254 g/mol. The van der Waals surface area contributed by atoms with Crippen molar-refractivity contribution in [3.05, 3.63) is 29.8 Å². The SMILES string of the molecule is CCCC1CN(CC(F)F)c2ccccc2CN1. The molecule has 1 aliphatic heterocycles. The summed E-state index contributed by atoms with van der Waals surface area (Å²) in [6, 6.07) is 8.11. The van der Waals surface area contributed by atoms with E-state index in [0.29, 0.717) is 12.6 Å². The maximum absolute atomic E-state index is 12.7. The second-order valence-electron chi connectivity index (χ2n) is 4.79. The van der Waals surface area contributed by atoms with Crippen LogP contribution in [-0.2, 0) is 6.54 Å². The normalized spacial score (nSPS) is 19.8. The molecule has 1 unspecified atom stereocenters. The molecule has 2 nitrogen and oxygen atoms in total. The summed E-state index contributed by atoms with van der Waals surface area (Å²) in [7, 11) is 0. The lowest BCUT2D eigenvalue weighted by Gasteiger charge is -2.27. The molecule has 4 heteroatoms. The van der Waals surface area contributed by atoms with E-state index in [4.69, 9.17) is 0 Å². The summed E-state index contributed by atoms with van der Waals surface area (Å²) in [4.78, 5) is 1.82. The molecular formula is C14H20F2N2. The highest BCUT2D eigenvalue weighted by Crippen LogP contribution is 2.24. The Morgan fingerprint density at radius 3 is 2.89 bits per heavy atom. The molecule has 0 fully saturated rings. The number of nitrogens with one attached hydrogen (secondary N) is 1. The lowest BCUT2D eigenvalue weighted by Crippen LogP contribution is -2.40. The summed E-state index contributed by atoms with van der Waals surface area (Å²) in [5.74, 6) is 0. The molecule has 1 aromatic rings. The summed E-state index contributed by atoms with van der Waals surface area (Å²) in [6.45, 7) is 3.37. The van der Waals surface area contributed by atoms with Crippen LogP contribution in [0.4, 0.5) is 14.5 Å². The summed E-state index contributed by atoms with van der Waals surface area (Å²) in [5, 5.41) is 3.46. The Morgan fingerprint density at radius 2 is 2.17 bits per heavy atom. The van der Waals surface area contributed by atoms with Crippen LogP contribution >= 0.6 is 0 Å². The Bertz CT molecular complexity index is 382. The van der Waals surface area contributed by atoms with Gasteiger partial charge in [0.1, 0.15) is 0 Å². The first-order valence-electron chi connectivity index (χ1n) is 6.55. The van der Waals surface area contributed by atoms with Crippen LogP contribution in [0.3, 0.4) is 0 Å². The van der Waals surface area contributed by atoms with Gasteiger partial charge in [0.05, 0.1) is 6.54 Å². The zero-order valence-corrected chi connectivity index (χ0v) is 10.7. The van der Waals surface area contributed by atoms with Gasteiger partial charge in [-0.1, -0.05) is 31.5 Å². The maximum Gasteiger partial charge on any atom is 0.255 e. The smallest absolute Gasteiger partial charge is 0.255 e. The van der Waals surface area contributed by atoms with Crippen LogP contribution in [0, 0.1) is 0 Å². The van der Waals surface area contributed by atoms with Crippen molar-refractivity contribution in [1.82, 2.24) is 5.32 Å². The molecule has 0 bridgehead atoms. The van der Waals surface area contributed by atoms with Gasteiger partial charge in [-0.05, 0) is 18.1 Å². The van der Waals surface area contributed by atoms with Gasteiger partial charge < -0.3 is 10.2 Å². The molecule has 1 heterocycles. The first-order chi connectivity index (χ1) is 8.70. The van der Waals surface area contributed by atoms with Crippen LogP contribution in [0.2, 0.25) is 0 Å². The Morgan fingerprint density at radius 1 is 1.39 bits per heavy atom. The van der Waals surface area contributed by atoms with E-state index in [2.05, 4.69) is 12.2 Å². The molecule has 1 N–H and O–H groups in total. The fourth-order valence-corrected chi connectivity index (χ4v) is 2.53. The number of benzene rings is 1. The van der Waals surface area contributed by atoms with Crippen molar-refractivity contribution in [2.45, 2.75) is 38.8 Å². The molecule has 2 rings (SSSR count). The second-order valence-corrected chi connectivity index (χ2v) is 4.79. The van der Waals surface area contributed by atoms with Crippen molar-refractivity contribution >= 4 is 5.69 Å². The van der Waals surface area contributed by atoms with Gasteiger partial charge in [-0.2, -0.15) is 0 Å². The second kappa shape index (κ2) is 6.14. The van der Waals surface area contributed by atoms with Gasteiger partial charge in [0.2, 0.25) is 0 Å². The molecule has 0 radical (unpaired) electrons. The van der Waals surface area contributed by atoms with Crippen molar-refractivity contribution in [3.8, 4) is 0 Å². The van der Waals surface area contributed by atoms with E-state index >= 15 is 0 Å². The van der Waals surface area contributed by atoms with E-state index in [1.165, 1.54) is 0 Å². The van der Waals surface area contributed by atoms with Crippen LogP contribution in [0.15, 0.2) is 24.3 Å². The average Bonchev–Trinajstić information content (AvgIpc) is 2.50. The highest BCUT2D eigenvalue weighted by Gasteiger charge is 2.22. The molecule has 1 aliphatic rings. The molecule has 0 saturated carbocycles. The van der Waals surface area contributed by atoms with Gasteiger partial charge in [-0.3, -0.25) is 0 Å². The third-order valence-electron chi connectivity index (χ3n) is 3.35. The highest BCUT2D eigenvalue weighted by atomic mass is 19.3. The van der Waals surface area contributed by atoms with Gasteiger partial charge in [0.15, 0.2) is 0 Å². The van der Waals surface area contributed by atoms with E-state index in [9.17, 15) is 8.78 Å². The van der Waals surface area contributed by atoms with E-state index in [-0.39, 0.29) is 6.54 Å². The minimum absolute atomic E-state index is 0.182. The third-order valence-corrected chi connectivity index (χ3v) is 3.35. The van der Waals surface area contributed by atoms with Gasteiger partial charge in [0, 0.05) is 24.8 Å². The Balaban J connectivity index is 2.21. The molecule has 18 heavy (non-hydrogen) atoms. The van der Waals surface area contributed by atoms with Crippen LogP contribution < -0.4 is 10.2 Å². The third kappa shape index (κ3) is 3.19. The van der Waals surface area contributed by atoms with Gasteiger partial charge in [-0.25, -0.2) is 8.78 Å². The predicted octanol–water partition coefficient (Wildman–Crippen LogP) is 3.03. The number of hydrogen-bond donors (Lipinski definition) is 1. The summed E-state index contributed by atoms with van der Waals surface area (Å²) in [5.41, 5.74) is 2.06. The van der Waals surface area contributed by atoms with Crippen LogP contribution in [-0.4, -0.2) is 25.6 Å². The minimum atomic E-state index is -2.29. The van der Waals surface area contributed by atoms with E-state index in [1.807, 2.05) is 29.2 Å². The predicted molar refractivity (Wildman–Crippen MR) is 70.2 cm³/mol. The first kappa shape index (κ1) is 13.3. The molecule has 100 valence electrons. The van der Waals surface area contributed by atoms with Crippen LogP contribution in [0.5, 0.6) is 0 Å². The lowest BCUT2D eigenvalue weighted by molar-refractivity contribution is 0.154. The van der Waals surface area contributed by atoms with Gasteiger partial charge in [-0.15, -0.1) is 0 Å². The summed E-state index contributed by atoms with van der Waals surface area (Å²) >= 11 is 0. The monoisotopic (exact) mass is 254 g/mol. The van der Waals surface area contributed by atoms with Gasteiger partial charge in [0.25, 0.3) is 6.43 Å². The largest absolute Gasteiger partial charge is 0.364 e. The van der Waals surface area contributed by atoms with E-state index in [1.54, 1.807) is 0 Å². The number of anilines is 1. The van der Waals surface area contributed by atoms with Crippen LogP contribution in [0.25, 0.3) is 0 Å². The van der Waals surface area contributed by atoms with Crippen molar-refractivity contribution in [2.75, 3.05) is 18.0 Å². The molecule has 0 spiro atoms. The highest BCUT2D eigenvalue weighted by molar-refractivity contribution is 5.54. The molecular weight excluding hydrogens is 234 g/mol. The minimum Gasteiger partial charge on any atom is -0.364 e. The number of alkyl halides is 2. The molecule has 0 amide bonds. The first-order valence-corrected chi connectivity index (χ1v) is 6.55. The number of halogens is 2. The molecule has 0 aliphatic carbocycles. The van der Waals surface area contributed by atoms with E-state index < -0.39 is 6.43 Å². The zero-order valence-electron chi connectivity index (χ0n) is 10.7. The van der Waals surface area contributed by atoms with Crippen molar-refractivity contribution in [3.63, 3.8) is 0 Å². The summed E-state index contributed by atoms with van der Waals surface area (Å²) < 4.78 is 25.4. The standard InChI is InChI=1S/C14H20F2N2/c1-2-5-12-9-18(10-14(15)16)13-7-4-3-6-11(13)8-17-12/h3-4,6-7,12,14,17H,2,5,8-10H2,1H3. The number of rotatable bonds is 4. The fraction of sp³-hybridized carbons (Fsp3) is 0.571. The number of fused-ring (bicyclic) bond motifs is 1. The Labute approximate surface area is 107 Å². The van der Waals surface area contributed by atoms with Crippen molar-refractivity contribution < 1.29 is 8.78 Å². The maximum atomic E-state index is 12.7. The van der Waals surface area contributed by atoms with E-state index in [0.717, 1.165) is 30.6 Å². The topological polar surface area (TPSA) is 15.3 Å². The quantitative estimate of drug-likeness (QED) is 0.888. The molecule has 0 aromatic heterocycles. The summed E-state index contributed by atoms with van der Waals surface area (Å²) in [6.07, 6.45) is -0.206. The Kier molecular flexibility index (Phi) is 4.53. The fourth-order valence-electron chi connectivity index (χ4n) is 2.53. The lowest BCUT2D eigenvalue weighted by atomic mass is 10.1. The molecule has 1 aromatic carbocycles. The molecule has 1 atom stereocenters. The van der Waals surface area contributed by atoms with Crippen molar-refractivity contribution in [1.29, 1.82) is 0 Å². The number of nitrogens with zero attached hydrogens (tertiary/aromatic N) is 1. The zero-order chi connectivity index (χ0) is 13.0. The Hall–Kier alpha value is -1.16. The number of hydrogen-bond acceptors (Lipinski definition) is 2. The molecule has 0 saturated heterocycles.